The monoisotopic (exact) mass is 330 g/mol. The van der Waals surface area contributed by atoms with Crippen LogP contribution in [0.3, 0.4) is 0 Å². The fraction of sp³-hybridized carbons (Fsp3) is 0.692. The third-order valence-electron chi connectivity index (χ3n) is 3.02. The van der Waals surface area contributed by atoms with E-state index in [-0.39, 0.29) is 31.4 Å². The fourth-order valence-corrected chi connectivity index (χ4v) is 1.59. The highest BCUT2D eigenvalue weighted by atomic mass is 16.4. The molecule has 0 radical (unpaired) electrons. The molecule has 0 saturated carbocycles. The lowest BCUT2D eigenvalue weighted by Crippen LogP contribution is -2.49. The molecule has 10 heteroatoms. The Morgan fingerprint density at radius 2 is 1.83 bits per heavy atom. The number of hydrogen-bond acceptors (Lipinski definition) is 5. The van der Waals surface area contributed by atoms with Gasteiger partial charge in [-0.15, -0.1) is 0 Å². The molecular weight excluding hydrogens is 304 g/mol. The van der Waals surface area contributed by atoms with Crippen molar-refractivity contribution < 1.29 is 19.5 Å². The van der Waals surface area contributed by atoms with Crippen LogP contribution in [0.4, 0.5) is 0 Å². The molecule has 0 heterocycles. The largest absolute Gasteiger partial charge is 0.480 e. The van der Waals surface area contributed by atoms with Gasteiger partial charge in [0.05, 0.1) is 12.6 Å². The van der Waals surface area contributed by atoms with Crippen molar-refractivity contribution >= 4 is 23.7 Å². The Labute approximate surface area is 134 Å². The quantitative estimate of drug-likeness (QED) is 0.148. The van der Waals surface area contributed by atoms with Crippen molar-refractivity contribution in [3.05, 3.63) is 0 Å². The molecule has 132 valence electrons. The van der Waals surface area contributed by atoms with Crippen LogP contribution in [0.15, 0.2) is 4.99 Å². The molecule has 0 fully saturated rings. The highest BCUT2D eigenvalue weighted by Gasteiger charge is 2.21. The maximum absolute atomic E-state index is 11.7. The highest BCUT2D eigenvalue weighted by Crippen LogP contribution is 1.99. The van der Waals surface area contributed by atoms with E-state index in [2.05, 4.69) is 15.6 Å². The van der Waals surface area contributed by atoms with E-state index in [0.29, 0.717) is 6.42 Å². The second-order valence-corrected chi connectivity index (χ2v) is 5.39. The van der Waals surface area contributed by atoms with Gasteiger partial charge in [0.1, 0.15) is 6.04 Å². The molecule has 2 unspecified atom stereocenters. The van der Waals surface area contributed by atoms with E-state index in [1.54, 1.807) is 13.8 Å². The average molecular weight is 330 g/mol. The molecule has 0 aromatic heterocycles. The molecule has 0 bridgehead atoms. The Bertz CT molecular complexity index is 448. The number of amides is 2. The summed E-state index contributed by atoms with van der Waals surface area (Å²) in [6.45, 7) is 3.49. The molecule has 10 nitrogen and oxygen atoms in total. The number of guanidine groups is 1. The Balaban J connectivity index is 4.27. The van der Waals surface area contributed by atoms with Crippen molar-refractivity contribution in [3.8, 4) is 0 Å². The van der Waals surface area contributed by atoms with Gasteiger partial charge in [-0.05, 0) is 18.8 Å². The van der Waals surface area contributed by atoms with Gasteiger partial charge in [-0.3, -0.25) is 14.6 Å². The minimum absolute atomic E-state index is 0.0691. The topological polar surface area (TPSA) is 186 Å². The first kappa shape index (κ1) is 20.6. The van der Waals surface area contributed by atoms with E-state index in [9.17, 15) is 14.4 Å². The van der Waals surface area contributed by atoms with Crippen LogP contribution in [0, 0.1) is 5.92 Å². The summed E-state index contributed by atoms with van der Waals surface area (Å²) in [6, 6.07) is -1.80. The van der Waals surface area contributed by atoms with Crippen LogP contribution in [0.5, 0.6) is 0 Å². The van der Waals surface area contributed by atoms with Crippen LogP contribution in [0.1, 0.15) is 26.7 Å². The zero-order chi connectivity index (χ0) is 18.0. The summed E-state index contributed by atoms with van der Waals surface area (Å²) < 4.78 is 0. The number of carbonyl (C=O) groups is 3. The maximum atomic E-state index is 11.7. The van der Waals surface area contributed by atoms with Crippen LogP contribution >= 0.6 is 0 Å². The standard InChI is InChI=1S/C13H26N6O4/c1-7(2)10(14)11(21)18-6-9(20)19-8(12(22)23)4-3-5-17-13(15)16/h7-8,10H,3-6,14H2,1-2H3,(H,18,21)(H,19,20)(H,22,23)(H4,15,16,17). The molecule has 0 aliphatic carbocycles. The second-order valence-electron chi connectivity index (χ2n) is 5.39. The summed E-state index contributed by atoms with van der Waals surface area (Å²) in [4.78, 5) is 38.1. The molecule has 9 N–H and O–H groups in total. The van der Waals surface area contributed by atoms with Gasteiger partial charge in [0, 0.05) is 6.54 Å². The number of aliphatic carboxylic acids is 1. The summed E-state index contributed by atoms with van der Waals surface area (Å²) >= 11 is 0. The van der Waals surface area contributed by atoms with Crippen LogP contribution < -0.4 is 27.8 Å². The molecule has 23 heavy (non-hydrogen) atoms. The van der Waals surface area contributed by atoms with Gasteiger partial charge in [0.2, 0.25) is 11.8 Å². The summed E-state index contributed by atoms with van der Waals surface area (Å²) in [6.07, 6.45) is 0.553. The number of rotatable bonds is 10. The Morgan fingerprint density at radius 1 is 1.22 bits per heavy atom. The van der Waals surface area contributed by atoms with Gasteiger partial charge in [-0.25, -0.2) is 4.79 Å². The van der Waals surface area contributed by atoms with E-state index in [1.165, 1.54) is 0 Å². The summed E-state index contributed by atoms with van der Waals surface area (Å²) in [7, 11) is 0. The predicted molar refractivity (Wildman–Crippen MR) is 85.3 cm³/mol. The number of aliphatic imine (C=N–C) groups is 1. The maximum Gasteiger partial charge on any atom is 0.326 e. The van der Waals surface area contributed by atoms with Crippen molar-refractivity contribution in [1.82, 2.24) is 10.6 Å². The zero-order valence-corrected chi connectivity index (χ0v) is 13.4. The van der Waals surface area contributed by atoms with E-state index in [1.807, 2.05) is 0 Å². The predicted octanol–water partition coefficient (Wildman–Crippen LogP) is -2.29. The number of nitrogens with one attached hydrogen (secondary N) is 2. The minimum Gasteiger partial charge on any atom is -0.480 e. The van der Waals surface area contributed by atoms with Gasteiger partial charge >= 0.3 is 5.97 Å². The zero-order valence-electron chi connectivity index (χ0n) is 13.4. The van der Waals surface area contributed by atoms with Gasteiger partial charge in [0.15, 0.2) is 5.96 Å². The molecule has 0 spiro atoms. The van der Waals surface area contributed by atoms with Crippen molar-refractivity contribution in [2.75, 3.05) is 13.1 Å². The van der Waals surface area contributed by atoms with E-state index >= 15 is 0 Å². The SMILES string of the molecule is CC(C)C(N)C(=O)NCC(=O)NC(CCCN=C(N)N)C(=O)O. The molecular formula is C13H26N6O4. The number of carboxylic acid groups (broad SMARTS) is 1. The van der Waals surface area contributed by atoms with Gasteiger partial charge in [0.25, 0.3) is 0 Å². The molecule has 0 aliphatic heterocycles. The average Bonchev–Trinajstić information content (AvgIpc) is 2.46. The Kier molecular flexibility index (Phi) is 9.31. The molecule has 2 atom stereocenters. The molecule has 0 aromatic carbocycles. The van der Waals surface area contributed by atoms with Crippen LogP contribution in [-0.4, -0.2) is 54.0 Å². The lowest BCUT2D eigenvalue weighted by atomic mass is 10.1. The molecule has 0 aliphatic rings. The summed E-state index contributed by atoms with van der Waals surface area (Å²) in [5.74, 6) is -2.39. The van der Waals surface area contributed by atoms with Crippen molar-refractivity contribution in [1.29, 1.82) is 0 Å². The van der Waals surface area contributed by atoms with Crippen LogP contribution in [-0.2, 0) is 14.4 Å². The van der Waals surface area contributed by atoms with Gasteiger partial charge in [-0.1, -0.05) is 13.8 Å². The molecule has 2 amide bonds. The van der Waals surface area contributed by atoms with Crippen molar-refractivity contribution in [2.45, 2.75) is 38.8 Å². The number of carbonyl (C=O) groups excluding carboxylic acids is 2. The number of carboxylic acids is 1. The summed E-state index contributed by atoms with van der Waals surface area (Å²) in [5.41, 5.74) is 15.9. The Morgan fingerprint density at radius 3 is 2.30 bits per heavy atom. The van der Waals surface area contributed by atoms with Crippen LogP contribution in [0.25, 0.3) is 0 Å². The Hall–Kier alpha value is -2.36. The van der Waals surface area contributed by atoms with E-state index in [0.717, 1.165) is 0 Å². The summed E-state index contributed by atoms with van der Waals surface area (Å²) in [5, 5.41) is 13.8. The van der Waals surface area contributed by atoms with E-state index < -0.39 is 29.9 Å². The fourth-order valence-electron chi connectivity index (χ4n) is 1.59. The normalized spacial score (nSPS) is 13.0. The molecule has 0 saturated heterocycles. The first-order valence-electron chi connectivity index (χ1n) is 7.26. The lowest BCUT2D eigenvalue weighted by Gasteiger charge is -2.17. The third-order valence-corrected chi connectivity index (χ3v) is 3.02. The third kappa shape index (κ3) is 9.30. The molecule has 0 rings (SSSR count). The number of nitrogens with two attached hydrogens (primary N) is 3. The highest BCUT2D eigenvalue weighted by molar-refractivity contribution is 5.89. The minimum atomic E-state index is -1.17. The van der Waals surface area contributed by atoms with Crippen molar-refractivity contribution in [3.63, 3.8) is 0 Å². The van der Waals surface area contributed by atoms with Crippen LogP contribution in [0.2, 0.25) is 0 Å². The first-order chi connectivity index (χ1) is 10.6. The van der Waals surface area contributed by atoms with Gasteiger partial charge < -0.3 is 32.9 Å². The first-order valence-corrected chi connectivity index (χ1v) is 7.26. The lowest BCUT2D eigenvalue weighted by molar-refractivity contribution is -0.141. The smallest absolute Gasteiger partial charge is 0.326 e. The number of nitrogens with zero attached hydrogens (tertiary/aromatic N) is 1. The number of hydrogen-bond donors (Lipinski definition) is 6. The second kappa shape index (κ2) is 10.4. The van der Waals surface area contributed by atoms with E-state index in [4.69, 9.17) is 22.3 Å². The van der Waals surface area contributed by atoms with Gasteiger partial charge in [-0.2, -0.15) is 0 Å². The molecule has 0 aromatic rings. The van der Waals surface area contributed by atoms with Crippen molar-refractivity contribution in [2.24, 2.45) is 28.1 Å².